The minimum absolute atomic E-state index is 0.965. The summed E-state index contributed by atoms with van der Waals surface area (Å²) >= 11 is 0. The van der Waals surface area contributed by atoms with Crippen molar-refractivity contribution in [2.75, 3.05) is 32.7 Å². The van der Waals surface area contributed by atoms with E-state index in [1.165, 1.54) is 57.0 Å². The number of aromatic amines is 1. The first-order valence-electron chi connectivity index (χ1n) is 8.83. The topological polar surface area (TPSA) is 35.2 Å². The van der Waals surface area contributed by atoms with E-state index in [2.05, 4.69) is 46.0 Å². The summed E-state index contributed by atoms with van der Waals surface area (Å²) in [7, 11) is 0. The second kappa shape index (κ2) is 6.46. The molecular formula is C19H26N4. The van der Waals surface area contributed by atoms with E-state index >= 15 is 0 Å². The molecule has 23 heavy (non-hydrogen) atoms. The van der Waals surface area contributed by atoms with Crippen molar-refractivity contribution < 1.29 is 0 Å². The van der Waals surface area contributed by atoms with Crippen molar-refractivity contribution in [3.8, 4) is 11.4 Å². The number of rotatable bonds is 5. The monoisotopic (exact) mass is 310 g/mol. The molecule has 1 N–H and O–H groups in total. The molecule has 0 spiro atoms. The number of nitrogens with zero attached hydrogens (tertiary/aromatic N) is 3. The minimum atomic E-state index is 0.965. The molecule has 1 aromatic carbocycles. The molecule has 122 valence electrons. The summed E-state index contributed by atoms with van der Waals surface area (Å²) in [5.41, 5.74) is 3.56. The third-order valence-corrected chi connectivity index (χ3v) is 5.08. The number of nitrogens with one attached hydrogen (secondary N) is 1. The van der Waals surface area contributed by atoms with Crippen LogP contribution in [0.2, 0.25) is 0 Å². The zero-order valence-corrected chi connectivity index (χ0v) is 14.0. The smallest absolute Gasteiger partial charge is 0.137 e. The van der Waals surface area contributed by atoms with E-state index in [1.807, 2.05) is 6.07 Å². The highest BCUT2D eigenvalue weighted by molar-refractivity contribution is 5.55. The van der Waals surface area contributed by atoms with Gasteiger partial charge in [-0.25, -0.2) is 4.98 Å². The lowest BCUT2D eigenvalue weighted by Gasteiger charge is -2.34. The average molecular weight is 310 g/mol. The Morgan fingerprint density at radius 3 is 2.43 bits per heavy atom. The molecule has 2 heterocycles. The van der Waals surface area contributed by atoms with Crippen molar-refractivity contribution in [3.63, 3.8) is 0 Å². The second-order valence-electron chi connectivity index (χ2n) is 7.04. The lowest BCUT2D eigenvalue weighted by molar-refractivity contribution is 0.122. The van der Waals surface area contributed by atoms with Crippen molar-refractivity contribution in [2.45, 2.75) is 26.3 Å². The molecule has 0 unspecified atom stereocenters. The lowest BCUT2D eigenvalue weighted by atomic mass is 10.2. The van der Waals surface area contributed by atoms with E-state index in [-0.39, 0.29) is 0 Å². The van der Waals surface area contributed by atoms with Gasteiger partial charge in [-0.3, -0.25) is 4.90 Å². The van der Waals surface area contributed by atoms with Gasteiger partial charge in [0.25, 0.3) is 0 Å². The summed E-state index contributed by atoms with van der Waals surface area (Å²) in [6.07, 6.45) is 2.91. The van der Waals surface area contributed by atoms with Crippen LogP contribution < -0.4 is 0 Å². The number of aryl methyl sites for hydroxylation is 1. The predicted molar refractivity (Wildman–Crippen MR) is 93.2 cm³/mol. The van der Waals surface area contributed by atoms with Crippen LogP contribution in [0.5, 0.6) is 0 Å². The average Bonchev–Trinajstić information content (AvgIpc) is 3.32. The maximum atomic E-state index is 4.84. The molecule has 0 atom stereocenters. The number of H-pyrrole nitrogens is 1. The van der Waals surface area contributed by atoms with Gasteiger partial charge in [-0.05, 0) is 25.7 Å². The summed E-state index contributed by atoms with van der Waals surface area (Å²) in [5, 5.41) is 0. The molecule has 4 heteroatoms. The van der Waals surface area contributed by atoms with Gasteiger partial charge in [-0.2, -0.15) is 0 Å². The lowest BCUT2D eigenvalue weighted by Crippen LogP contribution is -2.46. The van der Waals surface area contributed by atoms with Crippen LogP contribution in [-0.4, -0.2) is 52.5 Å². The molecule has 2 fully saturated rings. The Morgan fingerprint density at radius 1 is 1.04 bits per heavy atom. The zero-order chi connectivity index (χ0) is 15.6. The van der Waals surface area contributed by atoms with Crippen molar-refractivity contribution in [1.29, 1.82) is 0 Å². The highest BCUT2D eigenvalue weighted by Crippen LogP contribution is 2.30. The van der Waals surface area contributed by atoms with Crippen molar-refractivity contribution in [3.05, 3.63) is 41.7 Å². The van der Waals surface area contributed by atoms with E-state index in [4.69, 9.17) is 4.98 Å². The van der Waals surface area contributed by atoms with Crippen molar-refractivity contribution >= 4 is 0 Å². The van der Waals surface area contributed by atoms with Gasteiger partial charge >= 0.3 is 0 Å². The third-order valence-electron chi connectivity index (χ3n) is 5.08. The molecule has 1 saturated heterocycles. The van der Waals surface area contributed by atoms with Crippen LogP contribution in [0.1, 0.15) is 24.2 Å². The van der Waals surface area contributed by atoms with E-state index in [0.717, 1.165) is 23.9 Å². The number of piperazine rings is 1. The van der Waals surface area contributed by atoms with E-state index in [9.17, 15) is 0 Å². The van der Waals surface area contributed by atoms with Gasteiger partial charge in [0.05, 0.1) is 5.69 Å². The molecule has 0 bridgehead atoms. The van der Waals surface area contributed by atoms with Crippen LogP contribution in [0.3, 0.4) is 0 Å². The molecule has 0 radical (unpaired) electrons. The van der Waals surface area contributed by atoms with Crippen molar-refractivity contribution in [2.24, 2.45) is 5.92 Å². The number of hydrogen-bond acceptors (Lipinski definition) is 3. The SMILES string of the molecule is Cc1[nH]c(-c2ccccc2)nc1CN1CCN(CC2CC2)CC1. The van der Waals surface area contributed by atoms with Crippen LogP contribution in [0.15, 0.2) is 30.3 Å². The largest absolute Gasteiger partial charge is 0.342 e. The van der Waals surface area contributed by atoms with Gasteiger partial charge in [0.15, 0.2) is 0 Å². The first-order chi connectivity index (χ1) is 11.3. The number of aromatic nitrogens is 2. The molecule has 4 rings (SSSR count). The minimum Gasteiger partial charge on any atom is -0.342 e. The summed E-state index contributed by atoms with van der Waals surface area (Å²) in [6.45, 7) is 9.19. The Bertz CT molecular complexity index is 637. The molecule has 2 aromatic rings. The molecule has 1 aromatic heterocycles. The first kappa shape index (κ1) is 14.9. The highest BCUT2D eigenvalue weighted by Gasteiger charge is 2.26. The summed E-state index contributed by atoms with van der Waals surface area (Å²) in [6, 6.07) is 10.4. The summed E-state index contributed by atoms with van der Waals surface area (Å²) < 4.78 is 0. The predicted octanol–water partition coefficient (Wildman–Crippen LogP) is 2.91. The molecule has 2 aliphatic rings. The molecule has 4 nitrogen and oxygen atoms in total. The van der Waals surface area contributed by atoms with Crippen LogP contribution in [0, 0.1) is 12.8 Å². The number of imidazole rings is 1. The third kappa shape index (κ3) is 3.65. The van der Waals surface area contributed by atoms with Gasteiger partial charge in [0, 0.05) is 50.5 Å². The normalized spacial score (nSPS) is 20.0. The van der Waals surface area contributed by atoms with E-state index < -0.39 is 0 Å². The fourth-order valence-electron chi connectivity index (χ4n) is 3.39. The van der Waals surface area contributed by atoms with Crippen LogP contribution in [0.4, 0.5) is 0 Å². The second-order valence-corrected chi connectivity index (χ2v) is 7.04. The highest BCUT2D eigenvalue weighted by atomic mass is 15.3. The molecule has 1 saturated carbocycles. The Balaban J connectivity index is 1.36. The standard InChI is InChI=1S/C19H26N4/c1-15-18(21-19(20-15)17-5-3-2-4-6-17)14-23-11-9-22(10-12-23)13-16-7-8-16/h2-6,16H,7-14H2,1H3,(H,20,21). The van der Waals surface area contributed by atoms with Gasteiger partial charge in [0.2, 0.25) is 0 Å². The zero-order valence-electron chi connectivity index (χ0n) is 14.0. The maximum absolute atomic E-state index is 4.84. The number of hydrogen-bond donors (Lipinski definition) is 1. The first-order valence-corrected chi connectivity index (χ1v) is 8.83. The Morgan fingerprint density at radius 2 is 1.74 bits per heavy atom. The van der Waals surface area contributed by atoms with Gasteiger partial charge in [-0.1, -0.05) is 30.3 Å². The fraction of sp³-hybridized carbons (Fsp3) is 0.526. The van der Waals surface area contributed by atoms with Crippen molar-refractivity contribution in [1.82, 2.24) is 19.8 Å². The molecule has 0 amide bonds. The Hall–Kier alpha value is -1.65. The summed E-state index contributed by atoms with van der Waals surface area (Å²) in [4.78, 5) is 13.5. The van der Waals surface area contributed by atoms with Gasteiger partial charge in [0.1, 0.15) is 5.82 Å². The van der Waals surface area contributed by atoms with Gasteiger partial charge < -0.3 is 9.88 Å². The maximum Gasteiger partial charge on any atom is 0.137 e. The van der Waals surface area contributed by atoms with E-state index in [0.29, 0.717) is 0 Å². The number of benzene rings is 1. The van der Waals surface area contributed by atoms with Crippen LogP contribution in [0.25, 0.3) is 11.4 Å². The van der Waals surface area contributed by atoms with Crippen LogP contribution >= 0.6 is 0 Å². The Kier molecular flexibility index (Phi) is 4.19. The summed E-state index contributed by atoms with van der Waals surface area (Å²) in [5.74, 6) is 1.99. The molecular weight excluding hydrogens is 284 g/mol. The molecule has 1 aliphatic carbocycles. The van der Waals surface area contributed by atoms with E-state index in [1.54, 1.807) is 0 Å². The van der Waals surface area contributed by atoms with Crippen LogP contribution in [-0.2, 0) is 6.54 Å². The van der Waals surface area contributed by atoms with Gasteiger partial charge in [-0.15, -0.1) is 0 Å². The molecule has 1 aliphatic heterocycles. The quantitative estimate of drug-likeness (QED) is 0.922. The fourth-order valence-corrected chi connectivity index (χ4v) is 3.39. The Labute approximate surface area is 138 Å².